The van der Waals surface area contributed by atoms with Crippen molar-refractivity contribution in [3.05, 3.63) is 48.0 Å². The lowest BCUT2D eigenvalue weighted by molar-refractivity contribution is 0.252. The van der Waals surface area contributed by atoms with Crippen LogP contribution in [-0.4, -0.2) is 47.2 Å². The van der Waals surface area contributed by atoms with Crippen molar-refractivity contribution in [1.29, 1.82) is 0 Å². The molecule has 0 aliphatic rings. The summed E-state index contributed by atoms with van der Waals surface area (Å²) in [5, 5.41) is 22.3. The first-order chi connectivity index (χ1) is 14.2. The van der Waals surface area contributed by atoms with Crippen molar-refractivity contribution >= 4 is 46.7 Å². The van der Waals surface area contributed by atoms with Gasteiger partial charge in [0.25, 0.3) is 0 Å². The van der Waals surface area contributed by atoms with Gasteiger partial charge in [0.2, 0.25) is 6.08 Å². The number of carbonyl (C=O) groups excluding carboxylic acids is 2. The Balaban J connectivity index is 0.000000475. The van der Waals surface area contributed by atoms with Gasteiger partial charge < -0.3 is 26.6 Å². The van der Waals surface area contributed by atoms with E-state index in [2.05, 4.69) is 15.6 Å². The van der Waals surface area contributed by atoms with Crippen LogP contribution in [-0.2, 0) is 4.79 Å². The Morgan fingerprint density at radius 3 is 2.10 bits per heavy atom. The normalized spacial score (nSPS) is 9.07. The molecule has 0 heterocycles. The monoisotopic (exact) mass is 464 g/mol. The second-order valence-electron chi connectivity index (χ2n) is 5.10. The summed E-state index contributed by atoms with van der Waals surface area (Å²) in [6, 6.07) is 6.53. The number of urea groups is 1. The fraction of sp³-hybridized carbons (Fsp3) is 0.222. The number of nitrogen functional groups attached to an aromatic ring is 1. The zero-order valence-corrected chi connectivity index (χ0v) is 17.1. The molecular formula is C18H20Cl2F2N4O4. The average Bonchev–Trinajstić information content (AvgIpc) is 2.71. The number of isocyanates is 1. The molecule has 30 heavy (non-hydrogen) atoms. The third-order valence-electron chi connectivity index (χ3n) is 2.83. The Morgan fingerprint density at radius 1 is 1.07 bits per heavy atom. The summed E-state index contributed by atoms with van der Waals surface area (Å²) in [7, 11) is 0. The first kappa shape index (κ1) is 26.9. The molecule has 0 bridgehead atoms. The van der Waals surface area contributed by atoms with E-state index in [4.69, 9.17) is 39.1 Å². The number of amides is 2. The van der Waals surface area contributed by atoms with Crippen molar-refractivity contribution in [1.82, 2.24) is 5.32 Å². The van der Waals surface area contributed by atoms with Gasteiger partial charge in [-0.15, -0.1) is 23.2 Å². The predicted molar refractivity (Wildman–Crippen MR) is 112 cm³/mol. The van der Waals surface area contributed by atoms with Gasteiger partial charge in [-0.1, -0.05) is 0 Å². The molecule has 12 heteroatoms. The van der Waals surface area contributed by atoms with E-state index in [0.29, 0.717) is 19.0 Å². The smallest absolute Gasteiger partial charge is 0.319 e. The Labute approximate surface area is 181 Å². The molecule has 164 valence electrons. The van der Waals surface area contributed by atoms with E-state index in [1.165, 1.54) is 30.3 Å². The molecule has 2 rings (SSSR count). The van der Waals surface area contributed by atoms with Crippen molar-refractivity contribution in [2.24, 2.45) is 4.99 Å². The number of phenolic OH excluding ortho intramolecular Hbond substituents is 2. The largest absolute Gasteiger partial charge is 0.508 e. The molecule has 0 saturated heterocycles. The summed E-state index contributed by atoms with van der Waals surface area (Å²) in [5.41, 5.74) is 5.15. The summed E-state index contributed by atoms with van der Waals surface area (Å²) < 4.78 is 25.4. The number of nitrogens with zero attached hydrogens (tertiary/aromatic N) is 1. The molecule has 0 spiro atoms. The molecular weight excluding hydrogens is 445 g/mol. The number of hydrogen-bond acceptors (Lipinski definition) is 6. The highest BCUT2D eigenvalue weighted by Gasteiger charge is 2.06. The summed E-state index contributed by atoms with van der Waals surface area (Å²) in [6.45, 7) is 0.679. The number of rotatable bonds is 5. The number of nitrogens with two attached hydrogens (primary N) is 1. The highest BCUT2D eigenvalue weighted by Crippen LogP contribution is 2.19. The molecule has 0 fully saturated rings. The minimum Gasteiger partial charge on any atom is -0.508 e. The van der Waals surface area contributed by atoms with Crippen LogP contribution < -0.4 is 16.4 Å². The van der Waals surface area contributed by atoms with E-state index in [9.17, 15) is 18.4 Å². The van der Waals surface area contributed by atoms with Crippen LogP contribution in [0.4, 0.5) is 25.0 Å². The van der Waals surface area contributed by atoms with Crippen molar-refractivity contribution in [3.8, 4) is 11.5 Å². The molecule has 2 amide bonds. The van der Waals surface area contributed by atoms with Crippen LogP contribution in [0.1, 0.15) is 0 Å². The second kappa shape index (κ2) is 15.8. The third kappa shape index (κ3) is 12.4. The molecule has 0 aromatic heterocycles. The molecule has 0 atom stereocenters. The van der Waals surface area contributed by atoms with E-state index in [-0.39, 0.29) is 28.8 Å². The standard InChI is InChI=1S/C9H10ClFN2O2.C6H6FNO.C3H4ClNO/c10-3-4-12-9(15)13-8-2-1-6(14)5-7(8)11;7-5-3-4(9)1-2-6(5)8;4-1-2-5-3-6/h1-2,5,14H,3-4H2,(H2,12,13,15);1-3,9H,8H2;1-2H2. The number of nitrogens with one attached hydrogen (secondary N) is 2. The van der Waals surface area contributed by atoms with Crippen LogP contribution in [0.5, 0.6) is 11.5 Å². The van der Waals surface area contributed by atoms with Crippen molar-refractivity contribution in [2.45, 2.75) is 0 Å². The quantitative estimate of drug-likeness (QED) is 0.151. The average molecular weight is 465 g/mol. The van der Waals surface area contributed by atoms with Crippen LogP contribution in [0.2, 0.25) is 0 Å². The number of aliphatic imine (C=N–C) groups is 1. The summed E-state index contributed by atoms with van der Waals surface area (Å²) in [6.07, 6.45) is 1.36. The summed E-state index contributed by atoms with van der Waals surface area (Å²) in [4.78, 5) is 23.5. The van der Waals surface area contributed by atoms with Crippen LogP contribution in [0.15, 0.2) is 41.4 Å². The number of halogens is 4. The minimum absolute atomic E-state index is 0.000118. The number of hydrogen-bond donors (Lipinski definition) is 5. The van der Waals surface area contributed by atoms with E-state index >= 15 is 0 Å². The molecule has 6 N–H and O–H groups in total. The lowest BCUT2D eigenvalue weighted by Gasteiger charge is -2.07. The van der Waals surface area contributed by atoms with Gasteiger partial charge in [0.1, 0.15) is 23.1 Å². The summed E-state index contributed by atoms with van der Waals surface area (Å²) in [5.74, 6) is -0.910. The maximum absolute atomic E-state index is 13.1. The number of aromatic hydroxyl groups is 2. The lowest BCUT2D eigenvalue weighted by Crippen LogP contribution is -2.30. The number of benzene rings is 2. The molecule has 0 radical (unpaired) electrons. The molecule has 0 aliphatic heterocycles. The van der Waals surface area contributed by atoms with Gasteiger partial charge in [0, 0.05) is 30.4 Å². The molecule has 2 aromatic rings. The molecule has 2 aromatic carbocycles. The molecule has 0 saturated carbocycles. The predicted octanol–water partition coefficient (Wildman–Crippen LogP) is 3.57. The van der Waals surface area contributed by atoms with E-state index < -0.39 is 17.7 Å². The first-order valence-corrected chi connectivity index (χ1v) is 9.25. The Hall–Kier alpha value is -3.07. The van der Waals surface area contributed by atoms with Gasteiger partial charge in [0.05, 0.1) is 17.9 Å². The molecule has 0 aliphatic carbocycles. The fourth-order valence-corrected chi connectivity index (χ4v) is 1.72. The maximum Gasteiger partial charge on any atom is 0.319 e. The van der Waals surface area contributed by atoms with Gasteiger partial charge in [-0.05, 0) is 24.3 Å². The Morgan fingerprint density at radius 2 is 1.67 bits per heavy atom. The number of alkyl halides is 2. The number of carbonyl (C=O) groups is 1. The molecule has 0 unspecified atom stereocenters. The zero-order chi connectivity index (χ0) is 22.9. The van der Waals surface area contributed by atoms with Crippen molar-refractivity contribution in [2.75, 3.05) is 35.9 Å². The highest BCUT2D eigenvalue weighted by molar-refractivity contribution is 6.18. The van der Waals surface area contributed by atoms with Gasteiger partial charge >= 0.3 is 6.03 Å². The fourth-order valence-electron chi connectivity index (χ4n) is 1.54. The Kier molecular flexibility index (Phi) is 14.2. The van der Waals surface area contributed by atoms with Gasteiger partial charge in [-0.25, -0.2) is 23.4 Å². The molecule has 8 nitrogen and oxygen atoms in total. The van der Waals surface area contributed by atoms with Crippen LogP contribution in [0.3, 0.4) is 0 Å². The lowest BCUT2D eigenvalue weighted by atomic mass is 10.3. The minimum atomic E-state index is -0.698. The SMILES string of the molecule is Nc1ccc(O)cc1F.O=C(NCCCl)Nc1ccc(O)cc1F.O=C=NCCCl. The van der Waals surface area contributed by atoms with Crippen molar-refractivity contribution in [3.63, 3.8) is 0 Å². The van der Waals surface area contributed by atoms with Gasteiger partial charge in [-0.2, -0.15) is 0 Å². The second-order valence-corrected chi connectivity index (χ2v) is 5.86. The van der Waals surface area contributed by atoms with E-state index in [0.717, 1.165) is 12.1 Å². The van der Waals surface area contributed by atoms with Crippen LogP contribution in [0, 0.1) is 11.6 Å². The van der Waals surface area contributed by atoms with Gasteiger partial charge in [0.15, 0.2) is 0 Å². The van der Waals surface area contributed by atoms with Gasteiger partial charge in [-0.3, -0.25) is 0 Å². The van der Waals surface area contributed by atoms with Crippen LogP contribution >= 0.6 is 23.2 Å². The zero-order valence-electron chi connectivity index (χ0n) is 15.5. The highest BCUT2D eigenvalue weighted by atomic mass is 35.5. The van der Waals surface area contributed by atoms with E-state index in [1.807, 2.05) is 0 Å². The topological polar surface area (TPSA) is 137 Å². The summed E-state index contributed by atoms with van der Waals surface area (Å²) >= 11 is 10.5. The maximum atomic E-state index is 13.1. The number of phenols is 2. The Bertz CT molecular complexity index is 853. The number of anilines is 2. The van der Waals surface area contributed by atoms with Crippen molar-refractivity contribution < 1.29 is 28.6 Å². The van der Waals surface area contributed by atoms with Crippen LogP contribution in [0.25, 0.3) is 0 Å². The third-order valence-corrected chi connectivity index (χ3v) is 3.18. The first-order valence-electron chi connectivity index (χ1n) is 8.18. The van der Waals surface area contributed by atoms with E-state index in [1.54, 1.807) is 0 Å².